The van der Waals surface area contributed by atoms with E-state index in [1.807, 2.05) is 20.8 Å². The summed E-state index contributed by atoms with van der Waals surface area (Å²) < 4.78 is 18.7. The number of carbonyl (C=O) groups is 3. The Balaban J connectivity index is 2.66. The van der Waals surface area contributed by atoms with Crippen LogP contribution in [-0.4, -0.2) is 24.3 Å². The molecule has 1 amide bonds. The van der Waals surface area contributed by atoms with E-state index in [4.69, 9.17) is 4.74 Å². The number of nitrogens with one attached hydrogen (secondary N) is 1. The molecule has 22 heavy (non-hydrogen) atoms. The minimum Gasteiger partial charge on any atom is -0.457 e. The van der Waals surface area contributed by atoms with Crippen molar-refractivity contribution in [2.24, 2.45) is 5.41 Å². The molecule has 6 heteroatoms. The minimum atomic E-state index is -0.775. The molecule has 0 heterocycles. The molecular formula is C16H20FNO4. The van der Waals surface area contributed by atoms with Crippen LogP contribution in [0.4, 0.5) is 10.1 Å². The molecule has 0 radical (unpaired) electrons. The molecule has 0 fully saturated rings. The molecule has 0 saturated heterocycles. The zero-order chi connectivity index (χ0) is 16.9. The van der Waals surface area contributed by atoms with E-state index in [0.29, 0.717) is 0 Å². The smallest absolute Gasteiger partial charge is 0.306 e. The quantitative estimate of drug-likeness (QED) is 0.670. The van der Waals surface area contributed by atoms with Gasteiger partial charge in [-0.05, 0) is 23.6 Å². The predicted molar refractivity (Wildman–Crippen MR) is 80.1 cm³/mol. The number of hydrogen-bond donors (Lipinski definition) is 1. The van der Waals surface area contributed by atoms with Gasteiger partial charge in [-0.2, -0.15) is 0 Å². The molecule has 1 N–H and O–H groups in total. The van der Waals surface area contributed by atoms with E-state index in [2.05, 4.69) is 5.32 Å². The fourth-order valence-electron chi connectivity index (χ4n) is 1.73. The summed E-state index contributed by atoms with van der Waals surface area (Å²) >= 11 is 0. The molecule has 0 aromatic heterocycles. The van der Waals surface area contributed by atoms with E-state index in [1.165, 1.54) is 19.1 Å². The molecule has 5 nitrogen and oxygen atoms in total. The van der Waals surface area contributed by atoms with Crippen LogP contribution in [-0.2, 0) is 14.3 Å². The van der Waals surface area contributed by atoms with Gasteiger partial charge in [0.25, 0.3) is 0 Å². The molecule has 0 spiro atoms. The van der Waals surface area contributed by atoms with Crippen molar-refractivity contribution in [1.82, 2.24) is 0 Å². The third kappa shape index (κ3) is 6.03. The molecule has 1 rings (SSSR count). The highest BCUT2D eigenvalue weighted by Crippen LogP contribution is 2.19. The zero-order valence-electron chi connectivity index (χ0n) is 13.2. The fourth-order valence-corrected chi connectivity index (χ4v) is 1.73. The summed E-state index contributed by atoms with van der Waals surface area (Å²) in [6.45, 7) is 6.40. The summed E-state index contributed by atoms with van der Waals surface area (Å²) in [4.78, 5) is 34.3. The normalized spacial score (nSPS) is 11.0. The third-order valence-electron chi connectivity index (χ3n) is 2.63. The zero-order valence-corrected chi connectivity index (χ0v) is 13.2. The number of ketones is 1. The topological polar surface area (TPSA) is 72.5 Å². The third-order valence-corrected chi connectivity index (χ3v) is 2.63. The number of rotatable bonds is 5. The highest BCUT2D eigenvalue weighted by molar-refractivity contribution is 5.99. The Hall–Kier alpha value is -2.24. The molecule has 0 aliphatic carbocycles. The first-order valence-corrected chi connectivity index (χ1v) is 6.84. The lowest BCUT2D eigenvalue weighted by atomic mass is 9.92. The predicted octanol–water partition coefficient (Wildman–Crippen LogP) is 2.95. The maximum atomic E-state index is 13.8. The van der Waals surface area contributed by atoms with Crippen molar-refractivity contribution in [1.29, 1.82) is 0 Å². The first-order valence-electron chi connectivity index (χ1n) is 6.84. The average Bonchev–Trinajstić information content (AvgIpc) is 2.33. The van der Waals surface area contributed by atoms with Crippen LogP contribution >= 0.6 is 0 Å². The molecule has 1 aromatic rings. The van der Waals surface area contributed by atoms with E-state index >= 15 is 0 Å². The molecule has 0 aliphatic rings. The van der Waals surface area contributed by atoms with Gasteiger partial charge in [0.05, 0.1) is 12.0 Å². The standard InChI is InChI=1S/C16H20FNO4/c1-10(19)18-11-5-6-12(13(17)7-11)14(20)9-22-15(21)8-16(2,3)4/h5-7H,8-9H2,1-4H3,(H,18,19). The second-order valence-electron chi connectivity index (χ2n) is 6.20. The lowest BCUT2D eigenvalue weighted by Crippen LogP contribution is -2.19. The van der Waals surface area contributed by atoms with Gasteiger partial charge < -0.3 is 10.1 Å². The van der Waals surface area contributed by atoms with Crippen LogP contribution in [0.1, 0.15) is 44.5 Å². The van der Waals surface area contributed by atoms with E-state index in [9.17, 15) is 18.8 Å². The lowest BCUT2D eigenvalue weighted by molar-refractivity contribution is -0.144. The van der Waals surface area contributed by atoms with Crippen LogP contribution in [0.2, 0.25) is 0 Å². The lowest BCUT2D eigenvalue weighted by Gasteiger charge is -2.16. The number of ether oxygens (including phenoxy) is 1. The van der Waals surface area contributed by atoms with Crippen LogP contribution in [0.15, 0.2) is 18.2 Å². The Morgan fingerprint density at radius 3 is 2.36 bits per heavy atom. The van der Waals surface area contributed by atoms with Crippen molar-refractivity contribution < 1.29 is 23.5 Å². The molecule has 0 unspecified atom stereocenters. The maximum absolute atomic E-state index is 13.8. The Morgan fingerprint density at radius 1 is 1.23 bits per heavy atom. The van der Waals surface area contributed by atoms with Crippen molar-refractivity contribution in [3.63, 3.8) is 0 Å². The van der Waals surface area contributed by atoms with Crippen LogP contribution in [0.25, 0.3) is 0 Å². The van der Waals surface area contributed by atoms with Crippen LogP contribution in [0.5, 0.6) is 0 Å². The SMILES string of the molecule is CC(=O)Nc1ccc(C(=O)COC(=O)CC(C)(C)C)c(F)c1. The number of amides is 1. The monoisotopic (exact) mass is 309 g/mol. The van der Waals surface area contributed by atoms with Gasteiger partial charge in [-0.3, -0.25) is 14.4 Å². The molecule has 0 atom stereocenters. The number of benzene rings is 1. The van der Waals surface area contributed by atoms with Gasteiger partial charge in [0.1, 0.15) is 5.82 Å². The van der Waals surface area contributed by atoms with Crippen molar-refractivity contribution in [2.75, 3.05) is 11.9 Å². The Kier molecular flexibility index (Phi) is 5.79. The average molecular weight is 309 g/mol. The summed E-state index contributed by atoms with van der Waals surface area (Å²) in [5.41, 5.74) is -0.172. The van der Waals surface area contributed by atoms with Crippen LogP contribution in [0, 0.1) is 11.2 Å². The first-order chi connectivity index (χ1) is 10.1. The minimum absolute atomic E-state index is 0.171. The summed E-state index contributed by atoms with van der Waals surface area (Å²) in [5.74, 6) is -2.25. The van der Waals surface area contributed by atoms with E-state index in [-0.39, 0.29) is 29.0 Å². The number of esters is 1. The van der Waals surface area contributed by atoms with E-state index in [1.54, 1.807) is 0 Å². The molecule has 120 valence electrons. The van der Waals surface area contributed by atoms with Crippen LogP contribution in [0.3, 0.4) is 0 Å². The Bertz CT molecular complexity index is 590. The number of hydrogen-bond acceptors (Lipinski definition) is 4. The molecule has 0 aliphatic heterocycles. The molecule has 0 bridgehead atoms. The fraction of sp³-hybridized carbons (Fsp3) is 0.438. The number of carbonyl (C=O) groups excluding carboxylic acids is 3. The number of anilines is 1. The summed E-state index contributed by atoms with van der Waals surface area (Å²) in [7, 11) is 0. The largest absolute Gasteiger partial charge is 0.457 e. The molecule has 1 aromatic carbocycles. The van der Waals surface area contributed by atoms with Gasteiger partial charge in [0.2, 0.25) is 11.7 Å². The van der Waals surface area contributed by atoms with Gasteiger partial charge in [-0.15, -0.1) is 0 Å². The van der Waals surface area contributed by atoms with Crippen molar-refractivity contribution in [2.45, 2.75) is 34.1 Å². The van der Waals surface area contributed by atoms with E-state index in [0.717, 1.165) is 6.07 Å². The van der Waals surface area contributed by atoms with Crippen molar-refractivity contribution in [3.8, 4) is 0 Å². The second kappa shape index (κ2) is 7.15. The molecule has 0 saturated carbocycles. The van der Waals surface area contributed by atoms with Crippen molar-refractivity contribution in [3.05, 3.63) is 29.6 Å². The summed E-state index contributed by atoms with van der Waals surface area (Å²) in [6.07, 6.45) is 0.171. The number of halogens is 1. The van der Waals surface area contributed by atoms with Gasteiger partial charge >= 0.3 is 5.97 Å². The van der Waals surface area contributed by atoms with Gasteiger partial charge in [0, 0.05) is 12.6 Å². The highest BCUT2D eigenvalue weighted by Gasteiger charge is 2.19. The van der Waals surface area contributed by atoms with Crippen LogP contribution < -0.4 is 5.32 Å². The first kappa shape index (κ1) is 17.8. The number of Topliss-reactive ketones (excluding diaryl/α,β-unsaturated/α-hetero) is 1. The summed E-state index contributed by atoms with van der Waals surface area (Å²) in [6, 6.07) is 3.71. The van der Waals surface area contributed by atoms with Gasteiger partial charge in [-0.1, -0.05) is 20.8 Å². The second-order valence-corrected chi connectivity index (χ2v) is 6.20. The van der Waals surface area contributed by atoms with E-state index < -0.39 is 24.2 Å². The van der Waals surface area contributed by atoms with Gasteiger partial charge in [-0.25, -0.2) is 4.39 Å². The summed E-state index contributed by atoms with van der Waals surface area (Å²) in [5, 5.41) is 2.41. The Labute approximate surface area is 128 Å². The van der Waals surface area contributed by atoms with Gasteiger partial charge in [0.15, 0.2) is 6.61 Å². The Morgan fingerprint density at radius 2 is 1.86 bits per heavy atom. The van der Waals surface area contributed by atoms with Crippen molar-refractivity contribution >= 4 is 23.3 Å². The molecular weight excluding hydrogens is 289 g/mol. The maximum Gasteiger partial charge on any atom is 0.306 e. The highest BCUT2D eigenvalue weighted by atomic mass is 19.1.